The van der Waals surface area contributed by atoms with Gasteiger partial charge in [-0.2, -0.15) is 0 Å². The normalized spacial score (nSPS) is 16.3. The minimum atomic E-state index is -0.786. The third-order valence-corrected chi connectivity index (χ3v) is 3.97. The van der Waals surface area contributed by atoms with Crippen LogP contribution in [0.15, 0.2) is 47.4 Å². The molecule has 0 bridgehead atoms. The van der Waals surface area contributed by atoms with E-state index in [1.54, 1.807) is 29.0 Å². The van der Waals surface area contributed by atoms with Crippen molar-refractivity contribution in [1.29, 1.82) is 0 Å². The monoisotopic (exact) mass is 303 g/mol. The summed E-state index contributed by atoms with van der Waals surface area (Å²) in [6.45, 7) is 0.618. The number of hydrogen-bond acceptors (Lipinski definition) is 3. The molecule has 1 fully saturated rings. The van der Waals surface area contributed by atoms with E-state index in [2.05, 4.69) is 0 Å². The number of aliphatic hydroxyl groups excluding tert-OH is 1. The van der Waals surface area contributed by atoms with Crippen LogP contribution in [0, 0.1) is 0 Å². The molecule has 0 saturated carbocycles. The molecule has 1 unspecified atom stereocenters. The lowest BCUT2D eigenvalue weighted by atomic mass is 10.0. The Bertz CT molecular complexity index is 692. The van der Waals surface area contributed by atoms with E-state index >= 15 is 0 Å². The van der Waals surface area contributed by atoms with Gasteiger partial charge < -0.3 is 14.4 Å². The van der Waals surface area contributed by atoms with E-state index in [1.165, 1.54) is 0 Å². The standard InChI is InChI=1S/C17H18FNO3/c18-7-5-16(20)13-3-1-12(2-4-13)14-6-8-19(17(21)9-14)15-10-22-11-15/h1-4,6,8-9,15-16,20H,5,7,10-11H2. The molecule has 0 aliphatic carbocycles. The Morgan fingerprint density at radius 1 is 1.23 bits per heavy atom. The summed E-state index contributed by atoms with van der Waals surface area (Å²) in [7, 11) is 0. The van der Waals surface area contributed by atoms with Crippen LogP contribution in [0.5, 0.6) is 0 Å². The molecule has 1 N–H and O–H groups in total. The predicted octanol–water partition coefficient (Wildman–Crippen LogP) is 2.48. The van der Waals surface area contributed by atoms with Crippen LogP contribution < -0.4 is 5.56 Å². The molecule has 1 atom stereocenters. The van der Waals surface area contributed by atoms with Crippen molar-refractivity contribution in [3.05, 3.63) is 58.5 Å². The minimum Gasteiger partial charge on any atom is -0.388 e. The molecule has 3 rings (SSSR count). The van der Waals surface area contributed by atoms with E-state index in [9.17, 15) is 14.3 Å². The fraction of sp³-hybridized carbons (Fsp3) is 0.353. The molecule has 1 aromatic heterocycles. The van der Waals surface area contributed by atoms with Gasteiger partial charge >= 0.3 is 0 Å². The van der Waals surface area contributed by atoms with Crippen molar-refractivity contribution in [3.63, 3.8) is 0 Å². The van der Waals surface area contributed by atoms with Crippen LogP contribution >= 0.6 is 0 Å². The van der Waals surface area contributed by atoms with Gasteiger partial charge in [0, 0.05) is 18.7 Å². The maximum atomic E-state index is 12.2. The van der Waals surface area contributed by atoms with Crippen molar-refractivity contribution in [2.45, 2.75) is 18.6 Å². The maximum absolute atomic E-state index is 12.2. The smallest absolute Gasteiger partial charge is 0.251 e. The van der Waals surface area contributed by atoms with Gasteiger partial charge in [0.25, 0.3) is 5.56 Å². The summed E-state index contributed by atoms with van der Waals surface area (Å²) in [5, 5.41) is 9.75. The number of aliphatic hydroxyl groups is 1. The summed E-state index contributed by atoms with van der Waals surface area (Å²) >= 11 is 0. The van der Waals surface area contributed by atoms with E-state index in [0.29, 0.717) is 18.8 Å². The molecule has 1 aliphatic rings. The van der Waals surface area contributed by atoms with Crippen LogP contribution in [0.1, 0.15) is 24.1 Å². The molecule has 0 radical (unpaired) electrons. The van der Waals surface area contributed by atoms with Crippen LogP contribution in [0.2, 0.25) is 0 Å². The second kappa shape index (κ2) is 6.42. The van der Waals surface area contributed by atoms with Gasteiger partial charge in [0.2, 0.25) is 0 Å². The lowest BCUT2D eigenvalue weighted by Crippen LogP contribution is -2.36. The summed E-state index contributed by atoms with van der Waals surface area (Å²) in [5.41, 5.74) is 2.35. The molecule has 2 aromatic rings. The molecule has 2 heterocycles. The van der Waals surface area contributed by atoms with Gasteiger partial charge in [0.1, 0.15) is 0 Å². The topological polar surface area (TPSA) is 51.5 Å². The highest BCUT2D eigenvalue weighted by molar-refractivity contribution is 5.63. The zero-order valence-electron chi connectivity index (χ0n) is 12.1. The van der Waals surface area contributed by atoms with Crippen molar-refractivity contribution < 1.29 is 14.2 Å². The van der Waals surface area contributed by atoms with Crippen molar-refractivity contribution in [1.82, 2.24) is 4.57 Å². The van der Waals surface area contributed by atoms with Crippen molar-refractivity contribution >= 4 is 0 Å². The van der Waals surface area contributed by atoms with E-state index in [0.717, 1.165) is 11.1 Å². The first-order valence-electron chi connectivity index (χ1n) is 7.33. The van der Waals surface area contributed by atoms with Crippen molar-refractivity contribution in [2.75, 3.05) is 19.9 Å². The number of aromatic nitrogens is 1. The maximum Gasteiger partial charge on any atom is 0.251 e. The number of pyridine rings is 1. The molecule has 4 nitrogen and oxygen atoms in total. The van der Waals surface area contributed by atoms with Crippen LogP contribution in [-0.4, -0.2) is 29.6 Å². The lowest BCUT2D eigenvalue weighted by Gasteiger charge is -2.27. The van der Waals surface area contributed by atoms with Crippen molar-refractivity contribution in [2.24, 2.45) is 0 Å². The molecule has 1 aromatic carbocycles. The van der Waals surface area contributed by atoms with Crippen LogP contribution in [0.3, 0.4) is 0 Å². The summed E-state index contributed by atoms with van der Waals surface area (Å²) in [6, 6.07) is 10.8. The van der Waals surface area contributed by atoms with Gasteiger partial charge in [-0.1, -0.05) is 24.3 Å². The zero-order chi connectivity index (χ0) is 15.5. The summed E-state index contributed by atoms with van der Waals surface area (Å²) in [4.78, 5) is 12.1. The molecular formula is C17H18FNO3. The summed E-state index contributed by atoms with van der Waals surface area (Å²) < 4.78 is 19.0. The summed E-state index contributed by atoms with van der Waals surface area (Å²) in [6.07, 6.45) is 1.10. The number of benzene rings is 1. The number of halogens is 1. The Labute approximate surface area is 127 Å². The molecule has 5 heteroatoms. The molecular weight excluding hydrogens is 285 g/mol. The first kappa shape index (κ1) is 14.9. The Morgan fingerprint density at radius 2 is 1.95 bits per heavy atom. The van der Waals surface area contributed by atoms with E-state index in [1.807, 2.05) is 18.2 Å². The molecule has 1 saturated heterocycles. The molecule has 1 aliphatic heterocycles. The van der Waals surface area contributed by atoms with Crippen LogP contribution in [0.25, 0.3) is 11.1 Å². The second-order valence-electron chi connectivity index (χ2n) is 5.47. The highest BCUT2D eigenvalue weighted by Crippen LogP contribution is 2.23. The average molecular weight is 303 g/mol. The number of nitrogens with zero attached hydrogens (tertiary/aromatic N) is 1. The Kier molecular flexibility index (Phi) is 4.36. The quantitative estimate of drug-likeness (QED) is 0.923. The fourth-order valence-electron chi connectivity index (χ4n) is 2.52. The first-order valence-corrected chi connectivity index (χ1v) is 7.33. The third kappa shape index (κ3) is 2.96. The zero-order valence-corrected chi connectivity index (χ0v) is 12.1. The minimum absolute atomic E-state index is 0.0488. The van der Waals surface area contributed by atoms with Gasteiger partial charge in [-0.25, -0.2) is 0 Å². The fourth-order valence-corrected chi connectivity index (χ4v) is 2.52. The third-order valence-electron chi connectivity index (χ3n) is 3.97. The van der Waals surface area contributed by atoms with Gasteiger partial charge in [-0.05, 0) is 22.8 Å². The average Bonchev–Trinajstić information content (AvgIpc) is 2.48. The van der Waals surface area contributed by atoms with Gasteiger partial charge in [0.15, 0.2) is 0 Å². The van der Waals surface area contributed by atoms with E-state index < -0.39 is 12.8 Å². The van der Waals surface area contributed by atoms with Gasteiger partial charge in [0.05, 0.1) is 32.0 Å². The van der Waals surface area contributed by atoms with Crippen LogP contribution in [0.4, 0.5) is 4.39 Å². The Hall–Kier alpha value is -1.98. The van der Waals surface area contributed by atoms with Crippen molar-refractivity contribution in [3.8, 4) is 11.1 Å². The Morgan fingerprint density at radius 3 is 2.50 bits per heavy atom. The van der Waals surface area contributed by atoms with E-state index in [-0.39, 0.29) is 18.0 Å². The number of hydrogen-bond donors (Lipinski definition) is 1. The SMILES string of the molecule is O=c1cc(-c2ccc(C(O)CCF)cc2)ccn1C1COC1. The lowest BCUT2D eigenvalue weighted by molar-refractivity contribution is -0.0248. The predicted molar refractivity (Wildman–Crippen MR) is 81.5 cm³/mol. The molecule has 116 valence electrons. The molecule has 22 heavy (non-hydrogen) atoms. The highest BCUT2D eigenvalue weighted by atomic mass is 19.1. The summed E-state index contributed by atoms with van der Waals surface area (Å²) in [5.74, 6) is 0. The number of rotatable bonds is 5. The Balaban J connectivity index is 1.82. The molecule has 0 amide bonds. The van der Waals surface area contributed by atoms with Crippen LogP contribution in [-0.2, 0) is 4.74 Å². The van der Waals surface area contributed by atoms with Gasteiger partial charge in [-0.15, -0.1) is 0 Å². The van der Waals surface area contributed by atoms with E-state index in [4.69, 9.17) is 4.74 Å². The van der Waals surface area contributed by atoms with Gasteiger partial charge in [-0.3, -0.25) is 9.18 Å². The molecule has 0 spiro atoms. The second-order valence-corrected chi connectivity index (χ2v) is 5.47. The number of alkyl halides is 1. The number of ether oxygens (including phenoxy) is 1. The first-order chi connectivity index (χ1) is 10.7. The highest BCUT2D eigenvalue weighted by Gasteiger charge is 2.21. The largest absolute Gasteiger partial charge is 0.388 e.